The van der Waals surface area contributed by atoms with E-state index in [2.05, 4.69) is 5.32 Å². The van der Waals surface area contributed by atoms with E-state index in [1.54, 1.807) is 13.8 Å². The van der Waals surface area contributed by atoms with Crippen molar-refractivity contribution in [2.45, 2.75) is 26.0 Å². The highest BCUT2D eigenvalue weighted by Crippen LogP contribution is 2.13. The molecule has 0 aliphatic carbocycles. The van der Waals surface area contributed by atoms with Crippen molar-refractivity contribution >= 4 is 11.6 Å². The van der Waals surface area contributed by atoms with Gasteiger partial charge < -0.3 is 15.0 Å². The second-order valence-corrected chi connectivity index (χ2v) is 4.96. The van der Waals surface area contributed by atoms with Crippen LogP contribution in [0.1, 0.15) is 19.4 Å². The number of hydrogen-bond acceptors (Lipinski definition) is 3. The maximum atomic E-state index is 11.8. The van der Waals surface area contributed by atoms with Crippen LogP contribution in [-0.2, 0) is 16.1 Å². The average Bonchev–Trinajstić information content (AvgIpc) is 2.36. The minimum Gasteiger partial charge on any atom is -0.378 e. The summed E-state index contributed by atoms with van der Waals surface area (Å²) in [6.07, 6.45) is 0. The first-order valence-electron chi connectivity index (χ1n) is 5.96. The summed E-state index contributed by atoms with van der Waals surface area (Å²) in [5.74, 6) is -0.110. The van der Waals surface area contributed by atoms with E-state index < -0.39 is 5.60 Å². The normalized spacial score (nSPS) is 11.2. The first-order chi connectivity index (χ1) is 8.36. The number of methoxy groups -OCH3 is 1. The summed E-state index contributed by atoms with van der Waals surface area (Å²) < 4.78 is 5.12. The minimum absolute atomic E-state index is 0.110. The van der Waals surface area contributed by atoms with Gasteiger partial charge in [-0.2, -0.15) is 0 Å². The zero-order valence-electron chi connectivity index (χ0n) is 11.8. The van der Waals surface area contributed by atoms with E-state index in [-0.39, 0.29) is 5.91 Å². The Morgan fingerprint density at radius 1 is 1.28 bits per heavy atom. The van der Waals surface area contributed by atoms with Gasteiger partial charge in [-0.25, -0.2) is 0 Å². The quantitative estimate of drug-likeness (QED) is 0.866. The molecule has 4 nitrogen and oxygen atoms in total. The molecule has 18 heavy (non-hydrogen) atoms. The molecule has 0 bridgehead atoms. The fraction of sp³-hybridized carbons (Fsp3) is 0.500. The van der Waals surface area contributed by atoms with Crippen LogP contribution in [0.4, 0.5) is 5.69 Å². The predicted octanol–water partition coefficient (Wildman–Crippen LogP) is 1.79. The van der Waals surface area contributed by atoms with Gasteiger partial charge in [0.15, 0.2) is 0 Å². The van der Waals surface area contributed by atoms with Crippen LogP contribution in [-0.4, -0.2) is 32.7 Å². The molecule has 0 spiro atoms. The molecule has 0 atom stereocenters. The van der Waals surface area contributed by atoms with E-state index in [1.807, 2.05) is 43.3 Å². The zero-order chi connectivity index (χ0) is 13.8. The van der Waals surface area contributed by atoms with Crippen LogP contribution in [0.25, 0.3) is 0 Å². The Morgan fingerprint density at radius 2 is 1.83 bits per heavy atom. The maximum absolute atomic E-state index is 11.8. The lowest BCUT2D eigenvalue weighted by molar-refractivity contribution is -0.139. The van der Waals surface area contributed by atoms with Gasteiger partial charge in [0.25, 0.3) is 5.91 Å². The molecule has 0 unspecified atom stereocenters. The number of ether oxygens (including phenoxy) is 1. The third-order valence-electron chi connectivity index (χ3n) is 2.96. The second kappa shape index (κ2) is 5.87. The minimum atomic E-state index is -0.788. The summed E-state index contributed by atoms with van der Waals surface area (Å²) in [6, 6.07) is 8.08. The molecule has 1 rings (SSSR count). The standard InChI is InChI=1S/C14H22N2O2/c1-14(2,18-5)13(17)15-10-11-6-8-12(9-7-11)16(3)4/h6-9H,10H2,1-5H3,(H,15,17). The van der Waals surface area contributed by atoms with Crippen LogP contribution in [0.2, 0.25) is 0 Å². The molecule has 0 heterocycles. The Bertz CT molecular complexity index is 397. The molecule has 0 saturated carbocycles. The van der Waals surface area contributed by atoms with Crippen molar-refractivity contribution in [3.05, 3.63) is 29.8 Å². The number of nitrogens with one attached hydrogen (secondary N) is 1. The lowest BCUT2D eigenvalue weighted by Crippen LogP contribution is -2.43. The van der Waals surface area contributed by atoms with E-state index in [0.717, 1.165) is 11.3 Å². The molecule has 1 aromatic carbocycles. The van der Waals surface area contributed by atoms with E-state index in [9.17, 15) is 4.79 Å². The smallest absolute Gasteiger partial charge is 0.251 e. The number of benzene rings is 1. The molecule has 0 aromatic heterocycles. The Balaban J connectivity index is 2.57. The summed E-state index contributed by atoms with van der Waals surface area (Å²) in [5, 5.41) is 2.86. The van der Waals surface area contributed by atoms with Gasteiger partial charge in [0.05, 0.1) is 0 Å². The summed E-state index contributed by atoms with van der Waals surface area (Å²) in [7, 11) is 5.53. The number of anilines is 1. The maximum Gasteiger partial charge on any atom is 0.251 e. The lowest BCUT2D eigenvalue weighted by atomic mass is 10.1. The van der Waals surface area contributed by atoms with Crippen LogP contribution < -0.4 is 10.2 Å². The predicted molar refractivity (Wildman–Crippen MR) is 73.7 cm³/mol. The molecule has 0 saturated heterocycles. The van der Waals surface area contributed by atoms with Gasteiger partial charge in [-0.3, -0.25) is 4.79 Å². The van der Waals surface area contributed by atoms with E-state index in [0.29, 0.717) is 6.54 Å². The van der Waals surface area contributed by atoms with E-state index in [1.165, 1.54) is 7.11 Å². The number of rotatable bonds is 5. The van der Waals surface area contributed by atoms with Gasteiger partial charge >= 0.3 is 0 Å². The second-order valence-electron chi connectivity index (χ2n) is 4.96. The number of amides is 1. The van der Waals surface area contributed by atoms with Crippen LogP contribution in [0, 0.1) is 0 Å². The molecule has 0 aliphatic heterocycles. The van der Waals surface area contributed by atoms with Crippen molar-refractivity contribution in [1.82, 2.24) is 5.32 Å². The summed E-state index contributed by atoms with van der Waals surface area (Å²) >= 11 is 0. The van der Waals surface area contributed by atoms with Crippen LogP contribution in [0.15, 0.2) is 24.3 Å². The number of hydrogen-bond donors (Lipinski definition) is 1. The van der Waals surface area contributed by atoms with Crippen molar-refractivity contribution in [3.63, 3.8) is 0 Å². The van der Waals surface area contributed by atoms with Gasteiger partial charge in [0, 0.05) is 33.4 Å². The van der Waals surface area contributed by atoms with Crippen LogP contribution >= 0.6 is 0 Å². The van der Waals surface area contributed by atoms with Gasteiger partial charge in [0.2, 0.25) is 0 Å². The van der Waals surface area contributed by atoms with Gasteiger partial charge in [0.1, 0.15) is 5.60 Å². The van der Waals surface area contributed by atoms with Crippen molar-refractivity contribution < 1.29 is 9.53 Å². The molecule has 1 aromatic rings. The first-order valence-corrected chi connectivity index (χ1v) is 5.96. The highest BCUT2D eigenvalue weighted by molar-refractivity contribution is 5.84. The van der Waals surface area contributed by atoms with Crippen LogP contribution in [0.5, 0.6) is 0 Å². The Hall–Kier alpha value is -1.55. The summed E-state index contributed by atoms with van der Waals surface area (Å²) in [5.41, 5.74) is 1.42. The van der Waals surface area contributed by atoms with Crippen molar-refractivity contribution in [3.8, 4) is 0 Å². The molecule has 100 valence electrons. The SMILES string of the molecule is COC(C)(C)C(=O)NCc1ccc(N(C)C)cc1. The molecule has 0 fully saturated rings. The monoisotopic (exact) mass is 250 g/mol. The fourth-order valence-corrected chi connectivity index (χ4v) is 1.40. The Labute approximate surface area is 109 Å². The third kappa shape index (κ3) is 3.74. The Kier molecular flexibility index (Phi) is 4.73. The molecule has 4 heteroatoms. The molecule has 1 N–H and O–H groups in total. The molecular formula is C14H22N2O2. The molecule has 1 amide bonds. The highest BCUT2D eigenvalue weighted by Gasteiger charge is 2.26. The van der Waals surface area contributed by atoms with Crippen molar-refractivity contribution in [1.29, 1.82) is 0 Å². The molecular weight excluding hydrogens is 228 g/mol. The van der Waals surface area contributed by atoms with Crippen molar-refractivity contribution in [2.24, 2.45) is 0 Å². The van der Waals surface area contributed by atoms with Gasteiger partial charge in [-0.15, -0.1) is 0 Å². The topological polar surface area (TPSA) is 41.6 Å². The number of nitrogens with zero attached hydrogens (tertiary/aromatic N) is 1. The van der Waals surface area contributed by atoms with Crippen molar-refractivity contribution in [2.75, 3.05) is 26.1 Å². The Morgan fingerprint density at radius 3 is 2.28 bits per heavy atom. The van der Waals surface area contributed by atoms with Gasteiger partial charge in [-0.05, 0) is 31.5 Å². The zero-order valence-corrected chi connectivity index (χ0v) is 11.8. The molecule has 0 radical (unpaired) electrons. The highest BCUT2D eigenvalue weighted by atomic mass is 16.5. The number of carbonyl (C=O) groups is 1. The summed E-state index contributed by atoms with van der Waals surface area (Å²) in [6.45, 7) is 4.01. The average molecular weight is 250 g/mol. The molecule has 0 aliphatic rings. The lowest BCUT2D eigenvalue weighted by Gasteiger charge is -2.21. The van der Waals surface area contributed by atoms with E-state index >= 15 is 0 Å². The largest absolute Gasteiger partial charge is 0.378 e. The first kappa shape index (κ1) is 14.5. The summed E-state index contributed by atoms with van der Waals surface area (Å²) in [4.78, 5) is 13.8. The van der Waals surface area contributed by atoms with Gasteiger partial charge in [-0.1, -0.05) is 12.1 Å². The van der Waals surface area contributed by atoms with E-state index in [4.69, 9.17) is 4.74 Å². The van der Waals surface area contributed by atoms with Crippen LogP contribution in [0.3, 0.4) is 0 Å². The third-order valence-corrected chi connectivity index (χ3v) is 2.96. The fourth-order valence-electron chi connectivity index (χ4n) is 1.40. The number of carbonyl (C=O) groups excluding carboxylic acids is 1.